The minimum atomic E-state index is -0.696. The molecule has 1 N–H and O–H groups in total. The normalized spacial score (nSPS) is 19.1. The number of phenols is 1. The van der Waals surface area contributed by atoms with Crippen molar-refractivity contribution in [3.8, 4) is 11.5 Å². The first-order valence-electron chi connectivity index (χ1n) is 10.5. The Morgan fingerprint density at radius 2 is 1.64 bits per heavy atom. The molecule has 2 heterocycles. The van der Waals surface area contributed by atoms with Gasteiger partial charge < -0.3 is 9.84 Å². The Hall–Kier alpha value is -2.92. The van der Waals surface area contributed by atoms with Crippen molar-refractivity contribution in [2.24, 2.45) is 5.10 Å². The lowest BCUT2D eigenvalue weighted by molar-refractivity contribution is -0.0202. The van der Waals surface area contributed by atoms with Gasteiger partial charge in [-0.3, -0.25) is 0 Å². The topological polar surface area (TPSA) is 45.1 Å². The van der Waals surface area contributed by atoms with Crippen LogP contribution in [-0.2, 0) is 0 Å². The Kier molecular flexibility index (Phi) is 4.91. The smallest absolute Gasteiger partial charge is 0.217 e. The van der Waals surface area contributed by atoms with Gasteiger partial charge in [-0.1, -0.05) is 71.2 Å². The van der Waals surface area contributed by atoms with Gasteiger partial charge in [-0.25, -0.2) is 5.01 Å². The maximum atomic E-state index is 10.6. The van der Waals surface area contributed by atoms with Crippen molar-refractivity contribution in [2.75, 3.05) is 0 Å². The number of fused-ring (bicyclic) bond motifs is 4. The van der Waals surface area contributed by atoms with Gasteiger partial charge >= 0.3 is 0 Å². The van der Waals surface area contributed by atoms with Crippen LogP contribution in [0.25, 0.3) is 10.8 Å². The molecule has 0 saturated heterocycles. The van der Waals surface area contributed by atoms with E-state index in [0.29, 0.717) is 32.8 Å². The standard InChI is InChI=1S/C26H17Cl3N2O2/c27-17-7-8-24(32)20(10-17)26-31-23(19-11-18(28)12-21(29)25(19)33-26)13-22(30-31)16-6-5-14-3-1-2-4-15(14)9-16/h1-12,23,26,32H,13H2/t23-,26-/m1/s1. The van der Waals surface area contributed by atoms with Crippen molar-refractivity contribution in [1.82, 2.24) is 5.01 Å². The summed E-state index contributed by atoms with van der Waals surface area (Å²) in [6.07, 6.45) is -0.0544. The zero-order valence-electron chi connectivity index (χ0n) is 17.2. The molecule has 0 unspecified atom stereocenters. The lowest BCUT2D eigenvalue weighted by Crippen LogP contribution is -2.34. The summed E-state index contributed by atoms with van der Waals surface area (Å²) >= 11 is 19.1. The van der Waals surface area contributed by atoms with Crippen LogP contribution in [0.2, 0.25) is 15.1 Å². The first-order chi connectivity index (χ1) is 16.0. The summed E-state index contributed by atoms with van der Waals surface area (Å²) in [6.45, 7) is 0. The van der Waals surface area contributed by atoms with Crippen LogP contribution in [0.5, 0.6) is 11.5 Å². The second-order valence-electron chi connectivity index (χ2n) is 8.19. The fourth-order valence-electron chi connectivity index (χ4n) is 4.59. The number of ether oxygens (including phenoxy) is 1. The second kappa shape index (κ2) is 7.84. The highest BCUT2D eigenvalue weighted by Gasteiger charge is 2.43. The van der Waals surface area contributed by atoms with Gasteiger partial charge in [0.1, 0.15) is 11.5 Å². The average molecular weight is 496 g/mol. The van der Waals surface area contributed by atoms with E-state index in [-0.39, 0.29) is 11.8 Å². The van der Waals surface area contributed by atoms with Gasteiger partial charge in [-0.2, -0.15) is 5.10 Å². The monoisotopic (exact) mass is 494 g/mol. The molecule has 164 valence electrons. The number of halogens is 3. The first kappa shape index (κ1) is 20.7. The van der Waals surface area contributed by atoms with Crippen molar-refractivity contribution in [1.29, 1.82) is 0 Å². The van der Waals surface area contributed by atoms with Crippen molar-refractivity contribution in [3.63, 3.8) is 0 Å². The lowest BCUT2D eigenvalue weighted by atomic mass is 9.95. The molecule has 0 amide bonds. The summed E-state index contributed by atoms with van der Waals surface area (Å²) in [7, 11) is 0. The van der Waals surface area contributed by atoms with Crippen LogP contribution in [0.3, 0.4) is 0 Å². The van der Waals surface area contributed by atoms with E-state index in [9.17, 15) is 5.11 Å². The molecular weight excluding hydrogens is 479 g/mol. The van der Waals surface area contributed by atoms with E-state index < -0.39 is 6.23 Å². The van der Waals surface area contributed by atoms with Crippen molar-refractivity contribution < 1.29 is 9.84 Å². The average Bonchev–Trinajstić information content (AvgIpc) is 3.26. The van der Waals surface area contributed by atoms with Crippen LogP contribution in [-0.4, -0.2) is 15.8 Å². The van der Waals surface area contributed by atoms with Crippen molar-refractivity contribution in [3.05, 3.63) is 105 Å². The zero-order chi connectivity index (χ0) is 22.7. The third kappa shape index (κ3) is 3.50. The van der Waals surface area contributed by atoms with Gasteiger partial charge in [0.15, 0.2) is 0 Å². The highest BCUT2D eigenvalue weighted by molar-refractivity contribution is 6.35. The molecule has 2 aliphatic rings. The number of aromatic hydroxyl groups is 1. The molecule has 0 bridgehead atoms. The van der Waals surface area contributed by atoms with E-state index in [4.69, 9.17) is 44.6 Å². The third-order valence-corrected chi connectivity index (χ3v) is 6.88. The molecule has 4 aromatic rings. The second-order valence-corrected chi connectivity index (χ2v) is 9.47. The highest BCUT2D eigenvalue weighted by Crippen LogP contribution is 2.52. The number of nitrogens with zero attached hydrogens (tertiary/aromatic N) is 2. The Bertz CT molecular complexity index is 1450. The number of hydrogen-bond acceptors (Lipinski definition) is 4. The molecule has 33 heavy (non-hydrogen) atoms. The summed E-state index contributed by atoms with van der Waals surface area (Å²) in [5.41, 5.74) is 3.34. The molecule has 6 rings (SSSR count). The van der Waals surface area contributed by atoms with Crippen LogP contribution in [0.1, 0.15) is 35.4 Å². The van der Waals surface area contributed by atoms with E-state index in [1.807, 2.05) is 23.2 Å². The SMILES string of the molecule is Oc1ccc(Cl)cc1[C@H]1Oc2c(Cl)cc(Cl)cc2[C@H]2CC(c3ccc4ccccc4c3)=NN21. The van der Waals surface area contributed by atoms with Gasteiger partial charge in [0.25, 0.3) is 0 Å². The number of benzene rings is 4. The largest absolute Gasteiger partial charge is 0.507 e. The number of rotatable bonds is 2. The Morgan fingerprint density at radius 1 is 0.848 bits per heavy atom. The predicted molar refractivity (Wildman–Crippen MR) is 133 cm³/mol. The number of hydrogen-bond donors (Lipinski definition) is 1. The minimum Gasteiger partial charge on any atom is -0.507 e. The van der Waals surface area contributed by atoms with Crippen LogP contribution in [0.15, 0.2) is 77.9 Å². The molecule has 0 spiro atoms. The molecule has 2 atom stereocenters. The van der Waals surface area contributed by atoms with Crippen molar-refractivity contribution in [2.45, 2.75) is 18.7 Å². The van der Waals surface area contributed by atoms with Gasteiger partial charge in [-0.05, 0) is 52.7 Å². The van der Waals surface area contributed by atoms with E-state index >= 15 is 0 Å². The molecule has 4 aromatic carbocycles. The van der Waals surface area contributed by atoms with Crippen LogP contribution >= 0.6 is 34.8 Å². The Labute approximate surface area is 205 Å². The molecule has 0 aromatic heterocycles. The van der Waals surface area contributed by atoms with Crippen LogP contribution in [0, 0.1) is 0 Å². The third-order valence-electron chi connectivity index (χ3n) is 6.15. The predicted octanol–water partition coefficient (Wildman–Crippen LogP) is 7.75. The fourth-order valence-corrected chi connectivity index (χ4v) is 5.32. The van der Waals surface area contributed by atoms with E-state index in [1.54, 1.807) is 24.3 Å². The maximum absolute atomic E-state index is 10.6. The van der Waals surface area contributed by atoms with Gasteiger partial charge in [0, 0.05) is 22.0 Å². The Morgan fingerprint density at radius 3 is 2.48 bits per heavy atom. The summed E-state index contributed by atoms with van der Waals surface area (Å²) < 4.78 is 6.32. The number of phenolic OH excluding ortho intramolecular Hbond substituents is 1. The summed E-state index contributed by atoms with van der Waals surface area (Å²) in [5.74, 6) is 0.618. The molecule has 0 saturated carbocycles. The molecule has 0 aliphatic carbocycles. The molecule has 2 aliphatic heterocycles. The molecule has 7 heteroatoms. The van der Waals surface area contributed by atoms with E-state index in [1.165, 1.54) is 5.39 Å². The van der Waals surface area contributed by atoms with E-state index in [2.05, 4.69) is 30.3 Å². The zero-order valence-corrected chi connectivity index (χ0v) is 19.4. The summed E-state index contributed by atoms with van der Waals surface area (Å²) in [6, 6.07) is 22.8. The van der Waals surface area contributed by atoms with Crippen LogP contribution in [0.4, 0.5) is 0 Å². The number of hydrazone groups is 1. The fraction of sp³-hybridized carbons (Fsp3) is 0.115. The van der Waals surface area contributed by atoms with E-state index in [0.717, 1.165) is 22.2 Å². The minimum absolute atomic E-state index is 0.0750. The first-order valence-corrected chi connectivity index (χ1v) is 11.6. The molecule has 4 nitrogen and oxygen atoms in total. The van der Waals surface area contributed by atoms with Crippen molar-refractivity contribution >= 4 is 51.3 Å². The highest BCUT2D eigenvalue weighted by atomic mass is 35.5. The molecule has 0 radical (unpaired) electrons. The quantitative estimate of drug-likeness (QED) is 0.309. The summed E-state index contributed by atoms with van der Waals surface area (Å²) in [4.78, 5) is 0. The maximum Gasteiger partial charge on any atom is 0.217 e. The van der Waals surface area contributed by atoms with Gasteiger partial charge in [0.05, 0.1) is 22.3 Å². The van der Waals surface area contributed by atoms with Gasteiger partial charge in [-0.15, -0.1) is 0 Å². The van der Waals surface area contributed by atoms with Crippen LogP contribution < -0.4 is 4.74 Å². The molecule has 0 fully saturated rings. The lowest BCUT2D eigenvalue weighted by Gasteiger charge is -2.38. The Balaban J connectivity index is 1.50. The van der Waals surface area contributed by atoms with Gasteiger partial charge in [0.2, 0.25) is 6.23 Å². The molecular formula is C26H17Cl3N2O2. The summed E-state index contributed by atoms with van der Waals surface area (Å²) in [5, 5.41) is 21.2.